The zero-order valence-corrected chi connectivity index (χ0v) is 20.6. The summed E-state index contributed by atoms with van der Waals surface area (Å²) in [4.78, 5) is 38.7. The molecule has 37 heavy (non-hydrogen) atoms. The Labute approximate surface area is 210 Å². The summed E-state index contributed by atoms with van der Waals surface area (Å²) in [5.74, 6) is -6.90. The Bertz CT molecular complexity index is 1170. The summed E-state index contributed by atoms with van der Waals surface area (Å²) in [6.07, 6.45) is -14.3. The fourth-order valence-corrected chi connectivity index (χ4v) is 4.20. The summed E-state index contributed by atoms with van der Waals surface area (Å²) in [6.45, 7) is 2.07. The maximum Gasteiger partial charge on any atom is 0.438 e. The number of halogens is 6. The third kappa shape index (κ3) is 6.58. The van der Waals surface area contributed by atoms with Gasteiger partial charge in [-0.3, -0.25) is 14.1 Å². The van der Waals surface area contributed by atoms with Crippen molar-refractivity contribution >= 4 is 55.0 Å². The van der Waals surface area contributed by atoms with Gasteiger partial charge in [-0.25, -0.2) is 4.79 Å². The number of rotatable bonds is 8. The molecule has 4 radical (unpaired) electrons. The molecule has 0 saturated carbocycles. The lowest BCUT2D eigenvalue weighted by molar-refractivity contribution is -0.356. The van der Waals surface area contributed by atoms with E-state index in [1.807, 2.05) is 0 Å². The van der Waals surface area contributed by atoms with E-state index in [9.17, 15) is 49.1 Å². The van der Waals surface area contributed by atoms with Crippen LogP contribution in [0.5, 0.6) is 0 Å². The fraction of sp³-hybridized carbons (Fsp3) is 0.526. The lowest BCUT2D eigenvalue weighted by Gasteiger charge is -2.36. The number of carbonyl (C=O) groups is 3. The molecule has 0 aliphatic carbocycles. The average Bonchev–Trinajstić information content (AvgIpc) is 2.73. The van der Waals surface area contributed by atoms with E-state index in [1.165, 1.54) is 0 Å². The number of hydrogen-bond acceptors (Lipinski definition) is 6. The van der Waals surface area contributed by atoms with Crippen molar-refractivity contribution in [1.29, 1.82) is 0 Å². The molecule has 0 unspecified atom stereocenters. The second kappa shape index (κ2) is 10.9. The molecule has 1 aromatic rings. The zero-order valence-electron chi connectivity index (χ0n) is 19.8. The lowest BCUT2D eigenvalue weighted by atomic mass is 9.84. The van der Waals surface area contributed by atoms with Gasteiger partial charge in [-0.2, -0.15) is 34.8 Å². The number of nitrogens with zero attached hydrogens (tertiary/aromatic N) is 2. The van der Waals surface area contributed by atoms with Gasteiger partial charge in [-0.05, 0) is 17.2 Å². The quantitative estimate of drug-likeness (QED) is 0.225. The molecule has 0 bridgehead atoms. The van der Waals surface area contributed by atoms with Crippen molar-refractivity contribution in [3.63, 3.8) is 0 Å². The minimum atomic E-state index is -6.57. The van der Waals surface area contributed by atoms with Gasteiger partial charge < -0.3 is 14.5 Å². The van der Waals surface area contributed by atoms with Gasteiger partial charge >= 0.3 is 23.9 Å². The van der Waals surface area contributed by atoms with E-state index in [2.05, 4.69) is 4.74 Å². The van der Waals surface area contributed by atoms with Gasteiger partial charge in [0.25, 0.3) is 10.1 Å². The first-order valence-electron chi connectivity index (χ1n) is 9.95. The molecule has 0 spiro atoms. The molecular formula is C19H20B2F6N2O7S. The Kier molecular flexibility index (Phi) is 9.54. The third-order valence-corrected chi connectivity index (χ3v) is 6.10. The molecule has 0 aliphatic rings. The maximum absolute atomic E-state index is 13.7. The van der Waals surface area contributed by atoms with Crippen LogP contribution in [-0.4, -0.2) is 84.2 Å². The minimum Gasteiger partial charge on any atom is -0.435 e. The molecule has 0 fully saturated rings. The van der Waals surface area contributed by atoms with Gasteiger partial charge in [-0.15, -0.1) is 0 Å². The molecule has 2 amide bonds. The first-order chi connectivity index (χ1) is 16.6. The van der Waals surface area contributed by atoms with Crippen LogP contribution in [0.3, 0.4) is 0 Å². The van der Waals surface area contributed by atoms with E-state index in [4.69, 9.17) is 20.2 Å². The highest BCUT2D eigenvalue weighted by Crippen LogP contribution is 2.48. The Morgan fingerprint density at radius 3 is 1.68 bits per heavy atom. The summed E-state index contributed by atoms with van der Waals surface area (Å²) in [5, 5.41) is 0. The van der Waals surface area contributed by atoms with E-state index in [0.717, 1.165) is 37.7 Å². The predicted molar refractivity (Wildman–Crippen MR) is 120 cm³/mol. The molecule has 1 rings (SSSR count). The van der Waals surface area contributed by atoms with Crippen molar-refractivity contribution < 1.29 is 58.4 Å². The normalized spacial score (nSPS) is 12.7. The Morgan fingerprint density at radius 2 is 1.35 bits per heavy atom. The monoisotopic (exact) mass is 556 g/mol. The molecule has 0 saturated heterocycles. The van der Waals surface area contributed by atoms with Crippen molar-refractivity contribution in [2.45, 2.75) is 44.4 Å². The number of alkyl halides is 6. The number of anilines is 2. The van der Waals surface area contributed by atoms with Crippen LogP contribution in [0.1, 0.15) is 35.3 Å². The van der Waals surface area contributed by atoms with Gasteiger partial charge in [0.1, 0.15) is 5.75 Å². The van der Waals surface area contributed by atoms with Gasteiger partial charge in [-0.1, -0.05) is 12.6 Å². The lowest BCUT2D eigenvalue weighted by Crippen LogP contribution is -2.63. The van der Waals surface area contributed by atoms with Gasteiger partial charge in [0.2, 0.25) is 11.8 Å². The molecule has 18 heteroatoms. The first-order valence-corrected chi connectivity index (χ1v) is 11.6. The van der Waals surface area contributed by atoms with Crippen molar-refractivity contribution in [3.8, 4) is 0 Å². The van der Waals surface area contributed by atoms with Crippen LogP contribution in [0.4, 0.5) is 37.7 Å². The number of ether oxygens (including phenoxy) is 1. The molecule has 0 aromatic heterocycles. The van der Waals surface area contributed by atoms with E-state index in [0.29, 0.717) is 6.07 Å². The molecule has 9 nitrogen and oxygen atoms in total. The SMILES string of the molecule is [B]Cc1c(C(=O)OC(CS(=O)(=O)O)(C(F)(F)F)C(F)(F)F)cc(N(C)C(C)=O)c(C[B])c1N(C)C(C)=O. The van der Waals surface area contributed by atoms with Crippen LogP contribution in [0.2, 0.25) is 0 Å². The highest BCUT2D eigenvalue weighted by Gasteiger charge is 2.76. The summed E-state index contributed by atoms with van der Waals surface area (Å²) >= 11 is 0. The van der Waals surface area contributed by atoms with Crippen molar-refractivity contribution in [2.24, 2.45) is 0 Å². The number of hydrogen-bond donors (Lipinski definition) is 1. The Hall–Kier alpha value is -2.75. The van der Waals surface area contributed by atoms with E-state index in [1.54, 1.807) is 0 Å². The molecule has 0 aliphatic heterocycles. The van der Waals surface area contributed by atoms with E-state index in [-0.39, 0.29) is 16.9 Å². The summed E-state index contributed by atoms with van der Waals surface area (Å²) < 4.78 is 117. The van der Waals surface area contributed by atoms with E-state index >= 15 is 0 Å². The van der Waals surface area contributed by atoms with Crippen molar-refractivity contribution in [3.05, 3.63) is 22.8 Å². The van der Waals surface area contributed by atoms with Crippen LogP contribution in [0.15, 0.2) is 6.07 Å². The highest BCUT2D eigenvalue weighted by molar-refractivity contribution is 7.85. The second-order valence-corrected chi connectivity index (χ2v) is 9.20. The standard InChI is InChI=1S/C19H20B2F6N2O7S/c1-9(30)28(3)14-5-11(12(6-20)15(13(14)7-21)29(4)10(2)31)16(32)36-17(18(22,23)24,19(25,26)27)8-37(33,34)35/h5H,6-8H2,1-4H3,(H,33,34,35). The number of carbonyl (C=O) groups excluding carboxylic acids is 3. The second-order valence-electron chi connectivity index (χ2n) is 7.75. The van der Waals surface area contributed by atoms with Crippen LogP contribution in [0.25, 0.3) is 0 Å². The van der Waals surface area contributed by atoms with Crippen LogP contribution < -0.4 is 9.80 Å². The predicted octanol–water partition coefficient (Wildman–Crippen LogP) is 1.90. The largest absolute Gasteiger partial charge is 0.438 e. The van der Waals surface area contributed by atoms with Gasteiger partial charge in [0, 0.05) is 33.6 Å². The molecular weight excluding hydrogens is 536 g/mol. The van der Waals surface area contributed by atoms with Gasteiger partial charge in [0.05, 0.1) is 26.9 Å². The van der Waals surface area contributed by atoms with Crippen LogP contribution in [-0.2, 0) is 37.1 Å². The molecule has 202 valence electrons. The van der Waals surface area contributed by atoms with Crippen molar-refractivity contribution in [1.82, 2.24) is 0 Å². The molecule has 1 N–H and O–H groups in total. The van der Waals surface area contributed by atoms with Gasteiger partial charge in [0.15, 0.2) is 0 Å². The summed E-state index contributed by atoms with van der Waals surface area (Å²) in [6, 6.07) is 0.677. The first kappa shape index (κ1) is 32.3. The van der Waals surface area contributed by atoms with Crippen molar-refractivity contribution in [2.75, 3.05) is 29.6 Å². The zero-order chi connectivity index (χ0) is 29.3. The molecule has 0 atom stereocenters. The Balaban J connectivity index is 4.14. The number of esters is 1. The maximum atomic E-state index is 13.7. The topological polar surface area (TPSA) is 121 Å². The number of amides is 2. The van der Waals surface area contributed by atoms with Crippen LogP contribution in [0, 0.1) is 0 Å². The highest BCUT2D eigenvalue weighted by atomic mass is 32.2. The smallest absolute Gasteiger partial charge is 0.435 e. The summed E-state index contributed by atoms with van der Waals surface area (Å²) in [7, 11) is 7.61. The summed E-state index contributed by atoms with van der Waals surface area (Å²) in [5.41, 5.74) is -7.85. The fourth-order valence-electron chi connectivity index (χ4n) is 3.30. The van der Waals surface area contributed by atoms with Crippen LogP contribution >= 0.6 is 0 Å². The third-order valence-electron chi connectivity index (χ3n) is 5.33. The molecule has 1 aromatic carbocycles. The number of benzene rings is 1. The minimum absolute atomic E-state index is 0.0248. The molecule has 0 heterocycles. The Morgan fingerprint density at radius 1 is 0.919 bits per heavy atom. The van der Waals surface area contributed by atoms with E-state index < -0.39 is 75.4 Å². The average molecular weight is 556 g/mol.